The van der Waals surface area contributed by atoms with E-state index < -0.39 is 0 Å². The molecule has 0 aliphatic carbocycles. The van der Waals surface area contributed by atoms with Crippen molar-refractivity contribution in [1.29, 1.82) is 0 Å². The highest BCUT2D eigenvalue weighted by Crippen LogP contribution is 2.16. The predicted octanol–water partition coefficient (Wildman–Crippen LogP) is 1.98. The van der Waals surface area contributed by atoms with Gasteiger partial charge in [-0.15, -0.1) is 0 Å². The maximum absolute atomic E-state index is 11.3. The van der Waals surface area contributed by atoms with Gasteiger partial charge in [0.2, 0.25) is 0 Å². The highest BCUT2D eigenvalue weighted by atomic mass is 16.5. The lowest BCUT2D eigenvalue weighted by Crippen LogP contribution is -2.23. The van der Waals surface area contributed by atoms with Gasteiger partial charge in [0.05, 0.1) is 5.92 Å². The zero-order chi connectivity index (χ0) is 10.3. The summed E-state index contributed by atoms with van der Waals surface area (Å²) in [4.78, 5) is 21.0. The van der Waals surface area contributed by atoms with Gasteiger partial charge in [0.15, 0.2) is 0 Å². The van der Waals surface area contributed by atoms with Gasteiger partial charge in [0.1, 0.15) is 13.2 Å². The average Bonchev–Trinajstić information content (AvgIpc) is 2.05. The van der Waals surface area contributed by atoms with Crippen LogP contribution in [0.5, 0.6) is 0 Å². The molecule has 13 heavy (non-hydrogen) atoms. The second-order valence-electron chi connectivity index (χ2n) is 3.28. The molecule has 0 fully saturated rings. The molecule has 0 aliphatic rings. The van der Waals surface area contributed by atoms with Crippen molar-refractivity contribution in [3.63, 3.8) is 0 Å². The van der Waals surface area contributed by atoms with E-state index in [0.717, 1.165) is 6.42 Å². The lowest BCUT2D eigenvalue weighted by molar-refractivity contribution is -0.149. The Hall–Kier alpha value is -0.930. The van der Waals surface area contributed by atoms with Crippen LogP contribution < -0.4 is 0 Å². The van der Waals surface area contributed by atoms with Crippen molar-refractivity contribution < 1.29 is 9.53 Å². The molecule has 0 bridgehead atoms. The Kier molecular flexibility index (Phi) is 6.10. The minimum absolute atomic E-state index is 0.0419. The van der Waals surface area contributed by atoms with Crippen LogP contribution in [0.4, 0.5) is 0 Å². The number of rotatable bonds is 6. The summed E-state index contributed by atoms with van der Waals surface area (Å²) in [6, 6.07) is 0. The van der Waals surface area contributed by atoms with Crippen LogP contribution in [0.25, 0.3) is 0 Å². The molecule has 4 nitrogen and oxygen atoms in total. The summed E-state index contributed by atoms with van der Waals surface area (Å²) >= 11 is 0. The number of hydrogen-bond donors (Lipinski definition) is 0. The molecule has 0 heterocycles. The predicted molar refractivity (Wildman–Crippen MR) is 50.2 cm³/mol. The van der Waals surface area contributed by atoms with Gasteiger partial charge < -0.3 is 4.74 Å². The Bertz CT molecular complexity index is 168. The Morgan fingerprint density at radius 2 is 2.08 bits per heavy atom. The first-order chi connectivity index (χ1) is 6.13. The molecule has 0 saturated heterocycles. The summed E-state index contributed by atoms with van der Waals surface area (Å²) in [7, 11) is 0. The monoisotopic (exact) mass is 187 g/mol. The minimum Gasteiger partial charge on any atom is -0.463 e. The molecule has 0 aromatic heterocycles. The molecule has 0 rings (SSSR count). The van der Waals surface area contributed by atoms with Gasteiger partial charge in [-0.3, -0.25) is 4.79 Å². The first kappa shape index (κ1) is 12.1. The van der Waals surface area contributed by atoms with Crippen LogP contribution in [0.15, 0.2) is 5.18 Å². The Morgan fingerprint density at radius 3 is 2.46 bits per heavy atom. The normalized spacial score (nSPS) is 12.6. The molecule has 0 amide bonds. The van der Waals surface area contributed by atoms with Crippen molar-refractivity contribution in [2.24, 2.45) is 17.0 Å². The SMILES string of the molecule is CCC(C(=O)OCCN=O)C(C)C. The Morgan fingerprint density at radius 1 is 1.46 bits per heavy atom. The number of hydrogen-bond acceptors (Lipinski definition) is 4. The fraction of sp³-hybridized carbons (Fsp3) is 0.889. The number of esters is 1. The number of ether oxygens (including phenoxy) is 1. The average molecular weight is 187 g/mol. The van der Waals surface area contributed by atoms with Crippen LogP contribution in [0.2, 0.25) is 0 Å². The summed E-state index contributed by atoms with van der Waals surface area (Å²) in [6.45, 7) is 6.05. The van der Waals surface area contributed by atoms with E-state index in [1.54, 1.807) is 0 Å². The standard InChI is InChI=1S/C9H17NO3/c1-4-8(7(2)3)9(11)13-6-5-10-12/h7-8H,4-6H2,1-3H3. The topological polar surface area (TPSA) is 55.7 Å². The lowest BCUT2D eigenvalue weighted by Gasteiger charge is -2.16. The summed E-state index contributed by atoms with van der Waals surface area (Å²) in [6.07, 6.45) is 0.769. The van der Waals surface area contributed by atoms with Crippen molar-refractivity contribution in [2.45, 2.75) is 27.2 Å². The summed E-state index contributed by atoms with van der Waals surface area (Å²) in [5, 5.41) is 2.61. The molecule has 76 valence electrons. The van der Waals surface area contributed by atoms with E-state index >= 15 is 0 Å². The molecule has 0 spiro atoms. The van der Waals surface area contributed by atoms with Crippen LogP contribution >= 0.6 is 0 Å². The molecule has 0 N–H and O–H groups in total. The molecule has 4 heteroatoms. The fourth-order valence-corrected chi connectivity index (χ4v) is 1.20. The van der Waals surface area contributed by atoms with Crippen LogP contribution in [-0.2, 0) is 9.53 Å². The van der Waals surface area contributed by atoms with Gasteiger partial charge in [-0.25, -0.2) is 0 Å². The van der Waals surface area contributed by atoms with Gasteiger partial charge in [-0.05, 0) is 12.3 Å². The first-order valence-corrected chi connectivity index (χ1v) is 4.59. The number of nitrogens with zero attached hydrogens (tertiary/aromatic N) is 1. The summed E-state index contributed by atoms with van der Waals surface area (Å²) < 4.78 is 4.86. The second kappa shape index (κ2) is 6.57. The third-order valence-electron chi connectivity index (χ3n) is 1.97. The minimum atomic E-state index is -0.221. The van der Waals surface area contributed by atoms with E-state index in [4.69, 9.17) is 4.74 Å². The zero-order valence-electron chi connectivity index (χ0n) is 8.45. The maximum atomic E-state index is 11.3. The third kappa shape index (κ3) is 4.60. The maximum Gasteiger partial charge on any atom is 0.309 e. The van der Waals surface area contributed by atoms with Crippen molar-refractivity contribution in [3.8, 4) is 0 Å². The van der Waals surface area contributed by atoms with Crippen LogP contribution in [0, 0.1) is 16.7 Å². The van der Waals surface area contributed by atoms with E-state index in [9.17, 15) is 9.70 Å². The first-order valence-electron chi connectivity index (χ1n) is 4.59. The third-order valence-corrected chi connectivity index (χ3v) is 1.97. The molecule has 0 saturated carbocycles. The molecule has 0 aliphatic heterocycles. The molecule has 1 unspecified atom stereocenters. The van der Waals surface area contributed by atoms with E-state index in [1.807, 2.05) is 20.8 Å². The van der Waals surface area contributed by atoms with E-state index in [-0.39, 0.29) is 31.0 Å². The highest BCUT2D eigenvalue weighted by Gasteiger charge is 2.21. The van der Waals surface area contributed by atoms with Crippen LogP contribution in [-0.4, -0.2) is 19.1 Å². The molecule has 1 atom stereocenters. The Balaban J connectivity index is 3.84. The summed E-state index contributed by atoms with van der Waals surface area (Å²) in [5.41, 5.74) is 0. The number of carbonyl (C=O) groups excluding carboxylic acids is 1. The van der Waals surface area contributed by atoms with Crippen molar-refractivity contribution in [3.05, 3.63) is 4.91 Å². The molecular formula is C9H17NO3. The zero-order valence-corrected chi connectivity index (χ0v) is 8.45. The molecular weight excluding hydrogens is 170 g/mol. The quantitative estimate of drug-likeness (QED) is 0.363. The van der Waals surface area contributed by atoms with Gasteiger partial charge in [-0.1, -0.05) is 25.9 Å². The van der Waals surface area contributed by atoms with E-state index in [2.05, 4.69) is 5.18 Å². The smallest absolute Gasteiger partial charge is 0.309 e. The largest absolute Gasteiger partial charge is 0.463 e. The van der Waals surface area contributed by atoms with E-state index in [1.165, 1.54) is 0 Å². The number of carbonyl (C=O) groups is 1. The fourth-order valence-electron chi connectivity index (χ4n) is 1.20. The van der Waals surface area contributed by atoms with Gasteiger partial charge >= 0.3 is 5.97 Å². The molecule has 0 radical (unpaired) electrons. The lowest BCUT2D eigenvalue weighted by atomic mass is 9.94. The Labute approximate surface area is 78.6 Å². The van der Waals surface area contributed by atoms with Crippen LogP contribution in [0.1, 0.15) is 27.2 Å². The van der Waals surface area contributed by atoms with E-state index in [0.29, 0.717) is 0 Å². The van der Waals surface area contributed by atoms with Crippen molar-refractivity contribution in [2.75, 3.05) is 13.2 Å². The number of nitroso groups, excluding NO2 is 1. The van der Waals surface area contributed by atoms with Gasteiger partial charge in [0.25, 0.3) is 0 Å². The second-order valence-corrected chi connectivity index (χ2v) is 3.28. The van der Waals surface area contributed by atoms with Crippen LogP contribution in [0.3, 0.4) is 0 Å². The molecule has 0 aromatic carbocycles. The van der Waals surface area contributed by atoms with Gasteiger partial charge in [-0.2, -0.15) is 4.91 Å². The summed E-state index contributed by atoms with van der Waals surface area (Å²) in [5.74, 6) is -0.00510. The molecule has 0 aromatic rings. The highest BCUT2D eigenvalue weighted by molar-refractivity contribution is 5.72. The van der Waals surface area contributed by atoms with Gasteiger partial charge in [0, 0.05) is 0 Å². The van der Waals surface area contributed by atoms with Crippen molar-refractivity contribution in [1.82, 2.24) is 0 Å². The van der Waals surface area contributed by atoms with Crippen molar-refractivity contribution >= 4 is 5.97 Å².